The molecule has 0 aliphatic carbocycles. The quantitative estimate of drug-likeness (QED) is 0.141. The molecule has 1 saturated heterocycles. The highest BCUT2D eigenvalue weighted by molar-refractivity contribution is 8.14. The molecule has 0 amide bonds. The van der Waals surface area contributed by atoms with E-state index in [9.17, 15) is 13.2 Å². The zero-order valence-electron chi connectivity index (χ0n) is 23.8. The van der Waals surface area contributed by atoms with Crippen molar-refractivity contribution in [2.45, 2.75) is 33.1 Å². The number of thioether (sulfide) groups is 1. The van der Waals surface area contributed by atoms with Gasteiger partial charge >= 0.3 is 6.36 Å². The maximum atomic E-state index is 12.4. The van der Waals surface area contributed by atoms with Gasteiger partial charge in [-0.1, -0.05) is 49.0 Å². The van der Waals surface area contributed by atoms with Crippen molar-refractivity contribution in [1.29, 1.82) is 0 Å². The van der Waals surface area contributed by atoms with Crippen molar-refractivity contribution in [2.75, 3.05) is 10.7 Å². The van der Waals surface area contributed by atoms with Gasteiger partial charge in [-0.25, -0.2) is 9.67 Å². The number of hydrogen-bond acceptors (Lipinski definition) is 6. The molecule has 3 aromatic carbocycles. The smallest absolute Gasteiger partial charge is 0.406 e. The summed E-state index contributed by atoms with van der Waals surface area (Å²) in [6.45, 7) is 6.24. The number of aryl methyl sites for hydroxylation is 2. The number of fused-ring (bicyclic) bond motifs is 3. The molecule has 1 unspecified atom stereocenters. The second-order valence-electron chi connectivity index (χ2n) is 10.3. The number of anilines is 1. The Kier molecular flexibility index (Phi) is 7.99. The number of nitrogens with zero attached hydrogens (tertiary/aromatic N) is 6. The number of allylic oxidation sites excluding steroid dienone is 1. The van der Waals surface area contributed by atoms with Crippen molar-refractivity contribution < 1.29 is 17.9 Å². The van der Waals surface area contributed by atoms with Gasteiger partial charge in [-0.3, -0.25) is 10.3 Å². The Balaban J connectivity index is 1.11. The molecule has 1 fully saturated rings. The van der Waals surface area contributed by atoms with Gasteiger partial charge in [0.15, 0.2) is 11.0 Å². The molecule has 0 bridgehead atoms. The van der Waals surface area contributed by atoms with Gasteiger partial charge in [0.05, 0.1) is 17.6 Å². The van der Waals surface area contributed by atoms with E-state index in [0.29, 0.717) is 17.4 Å². The predicted molar refractivity (Wildman–Crippen MR) is 172 cm³/mol. The lowest BCUT2D eigenvalue weighted by Gasteiger charge is -2.30. The van der Waals surface area contributed by atoms with Gasteiger partial charge in [0, 0.05) is 22.9 Å². The van der Waals surface area contributed by atoms with Crippen molar-refractivity contribution in [3.8, 4) is 22.8 Å². The van der Waals surface area contributed by atoms with Crippen LogP contribution in [0.4, 0.5) is 18.9 Å². The maximum absolute atomic E-state index is 12.4. The first-order valence-electron chi connectivity index (χ1n) is 13.6. The zero-order chi connectivity index (χ0) is 31.0. The fourth-order valence-electron chi connectivity index (χ4n) is 5.01. The van der Waals surface area contributed by atoms with Crippen LogP contribution in [0.15, 0.2) is 88.9 Å². The average molecular weight is 634 g/mol. The van der Waals surface area contributed by atoms with Crippen molar-refractivity contribution in [3.05, 3.63) is 101 Å². The van der Waals surface area contributed by atoms with Gasteiger partial charge in [-0.15, -0.1) is 18.3 Å². The molecule has 6 rings (SSSR count). The molecule has 2 aliphatic heterocycles. The molecule has 0 radical (unpaired) electrons. The number of hydrazone groups is 1. The Hall–Kier alpha value is -4.49. The third-order valence-electron chi connectivity index (χ3n) is 7.10. The summed E-state index contributed by atoms with van der Waals surface area (Å²) in [5.74, 6) is 1.34. The summed E-state index contributed by atoms with van der Waals surface area (Å²) in [6, 6.07) is 17.6. The summed E-state index contributed by atoms with van der Waals surface area (Å²) in [5.41, 5.74) is 10.8. The fourth-order valence-corrected chi connectivity index (χ4v) is 6.21. The van der Waals surface area contributed by atoms with Crippen molar-refractivity contribution in [2.24, 2.45) is 10.1 Å². The van der Waals surface area contributed by atoms with Crippen molar-refractivity contribution in [3.63, 3.8) is 0 Å². The van der Waals surface area contributed by atoms with E-state index >= 15 is 0 Å². The lowest BCUT2D eigenvalue weighted by molar-refractivity contribution is -0.274. The Labute approximate surface area is 261 Å². The van der Waals surface area contributed by atoms with E-state index in [0.717, 1.165) is 33.3 Å². The first-order chi connectivity index (χ1) is 21.0. The lowest BCUT2D eigenvalue weighted by Crippen LogP contribution is -2.28. The Morgan fingerprint density at radius 1 is 1.11 bits per heavy atom. The number of halogens is 3. The van der Waals surface area contributed by atoms with Crippen LogP contribution in [0.3, 0.4) is 0 Å². The highest BCUT2D eigenvalue weighted by atomic mass is 32.2. The molecule has 0 spiro atoms. The third-order valence-corrected chi connectivity index (χ3v) is 8.26. The lowest BCUT2D eigenvalue weighted by atomic mass is 9.93. The number of nitrogens with one attached hydrogen (secondary N) is 1. The van der Waals surface area contributed by atoms with Crippen LogP contribution in [0.25, 0.3) is 17.1 Å². The molecule has 1 N–H and O–H groups in total. The number of alkyl halides is 3. The molecular weight excluding hydrogens is 608 g/mol. The SMILES string of the molecule is Cc1ccc2c(c1)N1C(=CC2C)CS/C1=N\C(=S)N/N=C/c1ccc(-c2ncn(-c3ccc(OC(F)(F)F)cc3)n2)cc1C. The second-order valence-corrected chi connectivity index (χ2v) is 11.7. The minimum absolute atomic E-state index is 0.264. The van der Waals surface area contributed by atoms with E-state index in [-0.39, 0.29) is 10.9 Å². The van der Waals surface area contributed by atoms with Gasteiger partial charge in [0.25, 0.3) is 0 Å². The van der Waals surface area contributed by atoms with Crippen LogP contribution in [0.2, 0.25) is 0 Å². The predicted octanol–water partition coefficient (Wildman–Crippen LogP) is 7.27. The largest absolute Gasteiger partial charge is 0.573 e. The number of hydrogen-bond donors (Lipinski definition) is 1. The summed E-state index contributed by atoms with van der Waals surface area (Å²) >= 11 is 7.14. The number of ether oxygens (including phenoxy) is 1. The highest BCUT2D eigenvalue weighted by Crippen LogP contribution is 2.43. The van der Waals surface area contributed by atoms with E-state index in [4.69, 9.17) is 12.2 Å². The summed E-state index contributed by atoms with van der Waals surface area (Å²) in [7, 11) is 0. The minimum atomic E-state index is -4.75. The van der Waals surface area contributed by atoms with Crippen LogP contribution in [0.5, 0.6) is 5.75 Å². The molecule has 3 heterocycles. The van der Waals surface area contributed by atoms with Gasteiger partial charge in [0.2, 0.25) is 5.11 Å². The van der Waals surface area contributed by atoms with Crippen LogP contribution in [-0.2, 0) is 0 Å². The van der Waals surface area contributed by atoms with E-state index in [1.807, 2.05) is 25.1 Å². The maximum Gasteiger partial charge on any atom is 0.573 e. The first kappa shape index (κ1) is 29.6. The summed E-state index contributed by atoms with van der Waals surface area (Å²) in [5, 5.41) is 9.86. The highest BCUT2D eigenvalue weighted by Gasteiger charge is 2.33. The normalized spacial score (nSPS) is 17.0. The van der Waals surface area contributed by atoms with Gasteiger partial charge in [-0.05, 0) is 84.7 Å². The molecule has 0 saturated carbocycles. The summed E-state index contributed by atoms with van der Waals surface area (Å²) in [4.78, 5) is 11.2. The number of thiocarbonyl (C=S) groups is 1. The van der Waals surface area contributed by atoms with Gasteiger partial charge in [0.1, 0.15) is 12.1 Å². The second kappa shape index (κ2) is 11.9. The first-order valence-corrected chi connectivity index (χ1v) is 15.0. The summed E-state index contributed by atoms with van der Waals surface area (Å²) in [6.07, 6.45) is 0.708. The third kappa shape index (κ3) is 6.38. The standard InChI is InChI=1S/C31H26F3N7OS2/c1-18-4-11-26-20(3)14-24-16-44-30(41(24)27(26)12-18)37-29(43)38-36-15-22-6-5-21(13-19(22)2)28-35-17-40(39-28)23-7-9-25(10-8-23)42-31(32,33)34/h4-15,17,20H,16H2,1-3H3,(H,38,43)/b36-15+,37-30-. The van der Waals surface area contributed by atoms with Crippen LogP contribution < -0.4 is 15.1 Å². The topological polar surface area (TPSA) is 79.9 Å². The summed E-state index contributed by atoms with van der Waals surface area (Å²) < 4.78 is 42.7. The average Bonchev–Trinajstić information content (AvgIpc) is 3.61. The number of benzene rings is 3. The van der Waals surface area contributed by atoms with Crippen molar-refractivity contribution >= 4 is 46.2 Å². The molecule has 1 atom stereocenters. The number of amidine groups is 1. The Bertz CT molecular complexity index is 1830. The van der Waals surface area contributed by atoms with Crippen LogP contribution >= 0.6 is 24.0 Å². The van der Waals surface area contributed by atoms with Gasteiger partial charge < -0.3 is 4.74 Å². The minimum Gasteiger partial charge on any atom is -0.406 e. The Morgan fingerprint density at radius 3 is 2.66 bits per heavy atom. The number of aliphatic imine (C=N–C) groups is 1. The molecule has 44 heavy (non-hydrogen) atoms. The molecule has 13 heteroatoms. The van der Waals surface area contributed by atoms with E-state index in [2.05, 4.69) is 73.4 Å². The fraction of sp³-hybridized carbons (Fsp3) is 0.194. The van der Waals surface area contributed by atoms with E-state index in [1.165, 1.54) is 52.1 Å². The molecule has 4 aromatic rings. The zero-order valence-corrected chi connectivity index (χ0v) is 25.5. The molecular formula is C31H26F3N7OS2. The molecule has 224 valence electrons. The number of rotatable bonds is 5. The Morgan fingerprint density at radius 2 is 1.91 bits per heavy atom. The van der Waals surface area contributed by atoms with Crippen LogP contribution in [0.1, 0.15) is 35.1 Å². The van der Waals surface area contributed by atoms with Gasteiger partial charge in [-0.2, -0.15) is 10.1 Å². The number of aromatic nitrogens is 3. The van der Waals surface area contributed by atoms with Crippen molar-refractivity contribution in [1.82, 2.24) is 20.2 Å². The molecule has 8 nitrogen and oxygen atoms in total. The van der Waals surface area contributed by atoms with E-state index < -0.39 is 6.36 Å². The van der Waals surface area contributed by atoms with Crippen LogP contribution in [-0.4, -0.2) is 43.4 Å². The molecule has 1 aromatic heterocycles. The molecule has 2 aliphatic rings. The van der Waals surface area contributed by atoms with Crippen LogP contribution in [0, 0.1) is 13.8 Å². The van der Waals surface area contributed by atoms with E-state index in [1.54, 1.807) is 18.0 Å². The monoisotopic (exact) mass is 633 g/mol.